The molecule has 0 N–H and O–H groups in total. The van der Waals surface area contributed by atoms with Crippen LogP contribution in [0.2, 0.25) is 0 Å². The summed E-state index contributed by atoms with van der Waals surface area (Å²) in [5, 5.41) is 0. The fourth-order valence-corrected chi connectivity index (χ4v) is 2.59. The van der Waals surface area contributed by atoms with Crippen molar-refractivity contribution in [3.63, 3.8) is 0 Å². The second kappa shape index (κ2) is 4.81. The van der Waals surface area contributed by atoms with E-state index >= 15 is 0 Å². The quantitative estimate of drug-likeness (QED) is 0.681. The molecule has 0 aromatic rings. The molecule has 0 bridgehead atoms. The molecular weight excluding hydrogens is 186 g/mol. The fourth-order valence-electron chi connectivity index (χ4n) is 2.59. The van der Waals surface area contributed by atoms with Crippen molar-refractivity contribution in [1.29, 1.82) is 0 Å². The van der Waals surface area contributed by atoms with E-state index in [-0.39, 0.29) is 0 Å². The lowest BCUT2D eigenvalue weighted by Crippen LogP contribution is -2.64. The Balaban J connectivity index is 1.70. The zero-order valence-electron chi connectivity index (χ0n) is 10.4. The van der Waals surface area contributed by atoms with Crippen molar-refractivity contribution >= 4 is 0 Å². The molecule has 0 aliphatic carbocycles. The second-order valence-corrected chi connectivity index (χ2v) is 5.17. The Morgan fingerprint density at radius 3 is 2.13 bits per heavy atom. The van der Waals surface area contributed by atoms with E-state index in [9.17, 15) is 0 Å². The molecule has 2 heterocycles. The summed E-state index contributed by atoms with van der Waals surface area (Å²) in [6.07, 6.45) is 0. The summed E-state index contributed by atoms with van der Waals surface area (Å²) < 4.78 is 0. The zero-order valence-corrected chi connectivity index (χ0v) is 10.4. The summed E-state index contributed by atoms with van der Waals surface area (Å²) in [6, 6.07) is 1.59. The van der Waals surface area contributed by atoms with Gasteiger partial charge < -0.3 is 4.90 Å². The minimum absolute atomic E-state index is 0.734. The van der Waals surface area contributed by atoms with Crippen molar-refractivity contribution in [1.82, 2.24) is 14.7 Å². The van der Waals surface area contributed by atoms with E-state index in [1.165, 1.54) is 45.8 Å². The van der Waals surface area contributed by atoms with Gasteiger partial charge in [-0.1, -0.05) is 6.92 Å². The average Bonchev–Trinajstić information content (AvgIpc) is 2.16. The first-order valence-electron chi connectivity index (χ1n) is 6.41. The number of rotatable bonds is 3. The summed E-state index contributed by atoms with van der Waals surface area (Å²) in [6.45, 7) is 15.8. The van der Waals surface area contributed by atoms with Gasteiger partial charge in [0.15, 0.2) is 0 Å². The SMILES string of the molecule is CCN1CCN(C2CN(C(C)C)C2)CC1. The molecule has 0 aromatic carbocycles. The Labute approximate surface area is 94.0 Å². The third-order valence-electron chi connectivity index (χ3n) is 3.99. The van der Waals surface area contributed by atoms with Gasteiger partial charge in [-0.05, 0) is 20.4 Å². The maximum Gasteiger partial charge on any atom is 0.0351 e. The van der Waals surface area contributed by atoms with Crippen LogP contribution in [0.25, 0.3) is 0 Å². The first kappa shape index (κ1) is 11.4. The second-order valence-electron chi connectivity index (χ2n) is 5.17. The van der Waals surface area contributed by atoms with Crippen molar-refractivity contribution < 1.29 is 0 Å². The van der Waals surface area contributed by atoms with E-state index in [0.29, 0.717) is 0 Å². The van der Waals surface area contributed by atoms with Gasteiger partial charge in [0.2, 0.25) is 0 Å². The number of hydrogen-bond donors (Lipinski definition) is 0. The Hall–Kier alpha value is -0.120. The predicted octanol–water partition coefficient (Wildman–Crippen LogP) is 0.717. The molecule has 3 nitrogen and oxygen atoms in total. The summed E-state index contributed by atoms with van der Waals surface area (Å²) in [5.74, 6) is 0. The van der Waals surface area contributed by atoms with Crippen LogP contribution >= 0.6 is 0 Å². The van der Waals surface area contributed by atoms with Gasteiger partial charge in [-0.3, -0.25) is 9.80 Å². The molecule has 3 heteroatoms. The van der Waals surface area contributed by atoms with Crippen molar-refractivity contribution in [3.8, 4) is 0 Å². The highest BCUT2D eigenvalue weighted by molar-refractivity contribution is 4.91. The molecule has 0 atom stereocenters. The summed E-state index contributed by atoms with van der Waals surface area (Å²) in [4.78, 5) is 7.80. The molecule has 2 saturated heterocycles. The molecule has 0 amide bonds. The van der Waals surface area contributed by atoms with Crippen molar-refractivity contribution in [2.75, 3.05) is 45.8 Å². The van der Waals surface area contributed by atoms with Crippen LogP contribution in [0.5, 0.6) is 0 Å². The van der Waals surface area contributed by atoms with Gasteiger partial charge in [-0.2, -0.15) is 0 Å². The van der Waals surface area contributed by atoms with Crippen LogP contribution in [0.4, 0.5) is 0 Å². The third kappa shape index (κ3) is 2.52. The minimum atomic E-state index is 0.734. The molecule has 88 valence electrons. The third-order valence-corrected chi connectivity index (χ3v) is 3.99. The Morgan fingerprint density at radius 1 is 1.07 bits per heavy atom. The van der Waals surface area contributed by atoms with Crippen LogP contribution in [0.15, 0.2) is 0 Å². The van der Waals surface area contributed by atoms with Crippen LogP contribution in [-0.2, 0) is 0 Å². The maximum absolute atomic E-state index is 2.69. The predicted molar refractivity (Wildman–Crippen MR) is 64.2 cm³/mol. The van der Waals surface area contributed by atoms with Gasteiger partial charge in [0.25, 0.3) is 0 Å². The van der Waals surface area contributed by atoms with Crippen LogP contribution < -0.4 is 0 Å². The summed E-state index contributed by atoms with van der Waals surface area (Å²) >= 11 is 0. The molecule has 0 spiro atoms. The smallest absolute Gasteiger partial charge is 0.0351 e. The molecular formula is C12H25N3. The fraction of sp³-hybridized carbons (Fsp3) is 1.00. The average molecular weight is 211 g/mol. The van der Waals surface area contributed by atoms with Crippen LogP contribution in [0, 0.1) is 0 Å². The molecule has 15 heavy (non-hydrogen) atoms. The Bertz CT molecular complexity index is 191. The Kier molecular flexibility index (Phi) is 3.65. The molecule has 0 unspecified atom stereocenters. The van der Waals surface area contributed by atoms with Gasteiger partial charge in [0.05, 0.1) is 0 Å². The molecule has 2 fully saturated rings. The molecule has 2 aliphatic heterocycles. The van der Waals surface area contributed by atoms with E-state index in [1.807, 2.05) is 0 Å². The monoisotopic (exact) mass is 211 g/mol. The molecule has 2 aliphatic rings. The number of nitrogens with zero attached hydrogens (tertiary/aromatic N) is 3. The highest BCUT2D eigenvalue weighted by Crippen LogP contribution is 2.18. The zero-order chi connectivity index (χ0) is 10.8. The molecule has 0 aromatic heterocycles. The molecule has 0 saturated carbocycles. The van der Waals surface area contributed by atoms with E-state index in [2.05, 4.69) is 35.5 Å². The van der Waals surface area contributed by atoms with Crippen molar-refractivity contribution in [2.45, 2.75) is 32.9 Å². The first-order valence-corrected chi connectivity index (χ1v) is 6.41. The number of likely N-dealkylation sites (N-methyl/N-ethyl adjacent to an activating group) is 1. The van der Waals surface area contributed by atoms with Gasteiger partial charge in [0, 0.05) is 51.4 Å². The van der Waals surface area contributed by atoms with E-state index in [0.717, 1.165) is 12.1 Å². The number of hydrogen-bond acceptors (Lipinski definition) is 3. The van der Waals surface area contributed by atoms with Gasteiger partial charge >= 0.3 is 0 Å². The van der Waals surface area contributed by atoms with Gasteiger partial charge in [-0.25, -0.2) is 0 Å². The minimum Gasteiger partial charge on any atom is -0.301 e. The highest BCUT2D eigenvalue weighted by Gasteiger charge is 2.33. The topological polar surface area (TPSA) is 9.72 Å². The van der Waals surface area contributed by atoms with Gasteiger partial charge in [0.1, 0.15) is 0 Å². The summed E-state index contributed by atoms with van der Waals surface area (Å²) in [5.41, 5.74) is 0. The first-order chi connectivity index (χ1) is 7.20. The van der Waals surface area contributed by atoms with Crippen LogP contribution in [0.1, 0.15) is 20.8 Å². The Morgan fingerprint density at radius 2 is 1.67 bits per heavy atom. The standard InChI is InChI=1S/C12H25N3/c1-4-13-5-7-14(8-6-13)12-9-15(10-12)11(2)3/h11-12H,4-10H2,1-3H3. The largest absolute Gasteiger partial charge is 0.301 e. The van der Waals surface area contributed by atoms with Crippen molar-refractivity contribution in [3.05, 3.63) is 0 Å². The number of likely N-dealkylation sites (tertiary alicyclic amines) is 1. The highest BCUT2D eigenvalue weighted by atomic mass is 15.4. The molecule has 0 radical (unpaired) electrons. The van der Waals surface area contributed by atoms with E-state index in [1.54, 1.807) is 0 Å². The van der Waals surface area contributed by atoms with Crippen LogP contribution in [-0.4, -0.2) is 72.6 Å². The summed E-state index contributed by atoms with van der Waals surface area (Å²) in [7, 11) is 0. The lowest BCUT2D eigenvalue weighted by Gasteiger charge is -2.49. The lowest BCUT2D eigenvalue weighted by molar-refractivity contribution is -0.00855. The van der Waals surface area contributed by atoms with Crippen LogP contribution in [0.3, 0.4) is 0 Å². The maximum atomic E-state index is 2.69. The van der Waals surface area contributed by atoms with E-state index < -0.39 is 0 Å². The number of piperazine rings is 1. The normalized spacial score (nSPS) is 27.2. The lowest BCUT2D eigenvalue weighted by atomic mass is 10.0. The van der Waals surface area contributed by atoms with E-state index in [4.69, 9.17) is 0 Å². The molecule has 2 rings (SSSR count). The van der Waals surface area contributed by atoms with Crippen molar-refractivity contribution in [2.24, 2.45) is 0 Å². The van der Waals surface area contributed by atoms with Gasteiger partial charge in [-0.15, -0.1) is 0 Å².